The van der Waals surface area contributed by atoms with Crippen LogP contribution in [0.3, 0.4) is 0 Å². The fraction of sp³-hybridized carbons (Fsp3) is 0.692. The van der Waals surface area contributed by atoms with Crippen LogP contribution in [0.4, 0.5) is 0 Å². The molecule has 2 fully saturated rings. The molecule has 1 aliphatic carbocycles. The maximum atomic E-state index is 12.2. The predicted octanol–water partition coefficient (Wildman–Crippen LogP) is 2.42. The molecule has 2 heterocycles. The van der Waals surface area contributed by atoms with Gasteiger partial charge in [-0.05, 0) is 31.6 Å². The molecule has 1 amide bonds. The topological polar surface area (TPSA) is 46.3 Å². The van der Waals surface area contributed by atoms with Gasteiger partial charge in [0.25, 0.3) is 5.91 Å². The monoisotopic (exact) mass is 234 g/mol. The van der Waals surface area contributed by atoms with Crippen LogP contribution in [-0.4, -0.2) is 29.1 Å². The Hall–Kier alpha value is -1.32. The first-order valence-corrected chi connectivity index (χ1v) is 6.50. The number of carbonyl (C=O) groups is 1. The summed E-state index contributed by atoms with van der Waals surface area (Å²) in [4.78, 5) is 14.1. The summed E-state index contributed by atoms with van der Waals surface area (Å²) in [5.41, 5.74) is 0.487. The third kappa shape index (κ3) is 2.21. The van der Waals surface area contributed by atoms with E-state index in [1.165, 1.54) is 19.3 Å². The van der Waals surface area contributed by atoms with Crippen LogP contribution < -0.4 is 0 Å². The minimum absolute atomic E-state index is 0.0344. The van der Waals surface area contributed by atoms with E-state index in [4.69, 9.17) is 4.52 Å². The van der Waals surface area contributed by atoms with Crippen molar-refractivity contribution in [2.75, 3.05) is 13.1 Å². The third-order valence-electron chi connectivity index (χ3n) is 3.67. The van der Waals surface area contributed by atoms with E-state index < -0.39 is 0 Å². The zero-order valence-electron chi connectivity index (χ0n) is 10.2. The van der Waals surface area contributed by atoms with E-state index in [9.17, 15) is 4.79 Å². The minimum atomic E-state index is 0.0344. The lowest BCUT2D eigenvalue weighted by Gasteiger charge is -2.30. The molecule has 0 bridgehead atoms. The van der Waals surface area contributed by atoms with Gasteiger partial charge >= 0.3 is 0 Å². The fourth-order valence-electron chi connectivity index (χ4n) is 2.49. The number of rotatable bonds is 2. The Kier molecular flexibility index (Phi) is 2.65. The number of nitrogens with zero attached hydrogens (tertiary/aromatic N) is 2. The normalized spacial score (nSPS) is 25.0. The van der Waals surface area contributed by atoms with Crippen LogP contribution in [0.2, 0.25) is 0 Å². The predicted molar refractivity (Wildman–Crippen MR) is 62.8 cm³/mol. The standard InChI is InChI=1S/C13H18N2O2/c1-9-3-2-6-15(8-9)13(16)11-7-12(17-14-11)10-4-5-10/h7,9-10H,2-6,8H2,1H3/t9-/m0/s1. The molecular formula is C13H18N2O2. The first-order valence-electron chi connectivity index (χ1n) is 6.50. The summed E-state index contributed by atoms with van der Waals surface area (Å²) in [6, 6.07) is 1.83. The number of amides is 1. The molecule has 0 spiro atoms. The number of aromatic nitrogens is 1. The molecule has 1 aromatic heterocycles. The number of carbonyl (C=O) groups excluding carboxylic acids is 1. The van der Waals surface area contributed by atoms with Crippen molar-refractivity contribution in [3.63, 3.8) is 0 Å². The van der Waals surface area contributed by atoms with Crippen molar-refractivity contribution in [3.8, 4) is 0 Å². The molecule has 1 saturated heterocycles. The molecule has 0 unspecified atom stereocenters. The number of hydrogen-bond acceptors (Lipinski definition) is 3. The molecule has 3 rings (SSSR count). The van der Waals surface area contributed by atoms with Gasteiger partial charge in [0.05, 0.1) is 0 Å². The fourth-order valence-corrected chi connectivity index (χ4v) is 2.49. The first-order chi connectivity index (χ1) is 8.24. The average molecular weight is 234 g/mol. The number of hydrogen-bond donors (Lipinski definition) is 0. The van der Waals surface area contributed by atoms with Gasteiger partial charge in [-0.25, -0.2) is 0 Å². The van der Waals surface area contributed by atoms with Crippen LogP contribution >= 0.6 is 0 Å². The van der Waals surface area contributed by atoms with Crippen molar-refractivity contribution in [1.82, 2.24) is 10.1 Å². The Morgan fingerprint density at radius 3 is 3.00 bits per heavy atom. The second kappa shape index (κ2) is 4.17. The average Bonchev–Trinajstić information content (AvgIpc) is 3.07. The Balaban J connectivity index is 1.71. The Morgan fingerprint density at radius 1 is 1.47 bits per heavy atom. The molecule has 1 saturated carbocycles. The van der Waals surface area contributed by atoms with E-state index in [1.807, 2.05) is 11.0 Å². The maximum absolute atomic E-state index is 12.2. The van der Waals surface area contributed by atoms with E-state index in [2.05, 4.69) is 12.1 Å². The van der Waals surface area contributed by atoms with Crippen molar-refractivity contribution >= 4 is 5.91 Å². The van der Waals surface area contributed by atoms with Gasteiger partial charge in [-0.15, -0.1) is 0 Å². The molecule has 2 aliphatic rings. The van der Waals surface area contributed by atoms with Gasteiger partial charge in [-0.1, -0.05) is 12.1 Å². The summed E-state index contributed by atoms with van der Waals surface area (Å²) < 4.78 is 5.23. The lowest BCUT2D eigenvalue weighted by Crippen LogP contribution is -2.39. The summed E-state index contributed by atoms with van der Waals surface area (Å²) in [6.07, 6.45) is 4.66. The lowest BCUT2D eigenvalue weighted by atomic mass is 10.00. The van der Waals surface area contributed by atoms with E-state index in [0.29, 0.717) is 17.5 Å². The van der Waals surface area contributed by atoms with Gasteiger partial charge in [0, 0.05) is 25.1 Å². The highest BCUT2D eigenvalue weighted by atomic mass is 16.5. The van der Waals surface area contributed by atoms with Crippen LogP contribution in [0.15, 0.2) is 10.6 Å². The zero-order valence-corrected chi connectivity index (χ0v) is 10.2. The van der Waals surface area contributed by atoms with Gasteiger partial charge in [-0.2, -0.15) is 0 Å². The molecule has 1 aliphatic heterocycles. The van der Waals surface area contributed by atoms with Gasteiger partial charge in [0.1, 0.15) is 5.76 Å². The second-order valence-corrected chi connectivity index (χ2v) is 5.39. The highest BCUT2D eigenvalue weighted by molar-refractivity contribution is 5.92. The van der Waals surface area contributed by atoms with E-state index in [-0.39, 0.29) is 5.91 Å². The molecular weight excluding hydrogens is 216 g/mol. The van der Waals surface area contributed by atoms with Gasteiger partial charge in [0.2, 0.25) is 0 Å². The van der Waals surface area contributed by atoms with Crippen molar-refractivity contribution in [2.24, 2.45) is 5.92 Å². The van der Waals surface area contributed by atoms with E-state index >= 15 is 0 Å². The first kappa shape index (κ1) is 10.8. The Labute approximate surface area is 101 Å². The summed E-state index contributed by atoms with van der Waals surface area (Å²) in [5, 5.41) is 3.91. The van der Waals surface area contributed by atoms with Gasteiger partial charge in [0.15, 0.2) is 5.69 Å². The molecule has 4 nitrogen and oxygen atoms in total. The zero-order chi connectivity index (χ0) is 11.8. The number of piperidine rings is 1. The van der Waals surface area contributed by atoms with Crippen molar-refractivity contribution in [3.05, 3.63) is 17.5 Å². The second-order valence-electron chi connectivity index (χ2n) is 5.39. The van der Waals surface area contributed by atoms with Crippen molar-refractivity contribution < 1.29 is 9.32 Å². The van der Waals surface area contributed by atoms with Crippen LogP contribution in [-0.2, 0) is 0 Å². The van der Waals surface area contributed by atoms with Crippen molar-refractivity contribution in [2.45, 2.75) is 38.5 Å². The quantitative estimate of drug-likeness (QED) is 0.789. The van der Waals surface area contributed by atoms with Crippen LogP contribution in [0.1, 0.15) is 54.8 Å². The largest absolute Gasteiger partial charge is 0.360 e. The third-order valence-corrected chi connectivity index (χ3v) is 3.67. The maximum Gasteiger partial charge on any atom is 0.276 e. The number of likely N-dealkylation sites (tertiary alicyclic amines) is 1. The smallest absolute Gasteiger partial charge is 0.276 e. The molecule has 0 radical (unpaired) electrons. The molecule has 0 N–H and O–H groups in total. The molecule has 0 aromatic carbocycles. The molecule has 4 heteroatoms. The Morgan fingerprint density at radius 2 is 2.29 bits per heavy atom. The van der Waals surface area contributed by atoms with E-state index in [1.54, 1.807) is 0 Å². The highest BCUT2D eigenvalue weighted by Crippen LogP contribution is 2.40. The summed E-state index contributed by atoms with van der Waals surface area (Å²) >= 11 is 0. The summed E-state index contributed by atoms with van der Waals surface area (Å²) in [6.45, 7) is 3.90. The molecule has 92 valence electrons. The van der Waals surface area contributed by atoms with E-state index in [0.717, 1.165) is 25.3 Å². The Bertz CT molecular complexity index is 423. The highest BCUT2D eigenvalue weighted by Gasteiger charge is 2.30. The van der Waals surface area contributed by atoms with Gasteiger partial charge < -0.3 is 9.42 Å². The summed E-state index contributed by atoms with van der Waals surface area (Å²) in [5.74, 6) is 2.04. The van der Waals surface area contributed by atoms with Gasteiger partial charge in [-0.3, -0.25) is 4.79 Å². The summed E-state index contributed by atoms with van der Waals surface area (Å²) in [7, 11) is 0. The van der Waals surface area contributed by atoms with Crippen LogP contribution in [0, 0.1) is 5.92 Å². The van der Waals surface area contributed by atoms with Crippen molar-refractivity contribution in [1.29, 1.82) is 0 Å². The molecule has 1 aromatic rings. The van der Waals surface area contributed by atoms with Crippen LogP contribution in [0.5, 0.6) is 0 Å². The SMILES string of the molecule is C[C@H]1CCCN(C(=O)c2cc(C3CC3)on2)C1. The molecule has 1 atom stereocenters. The minimum Gasteiger partial charge on any atom is -0.360 e. The molecule has 17 heavy (non-hydrogen) atoms. The lowest BCUT2D eigenvalue weighted by molar-refractivity contribution is 0.0672. The van der Waals surface area contributed by atoms with Crippen LogP contribution in [0.25, 0.3) is 0 Å².